The van der Waals surface area contributed by atoms with Gasteiger partial charge in [0.05, 0.1) is 7.11 Å². The SMILES string of the molecule is COc1cc(N)ccc1C(=O)OCC(=O)N1CCCC1. The second-order valence-electron chi connectivity index (χ2n) is 4.62. The van der Waals surface area contributed by atoms with Gasteiger partial charge < -0.3 is 20.1 Å². The van der Waals surface area contributed by atoms with Crippen LogP contribution in [0.4, 0.5) is 5.69 Å². The van der Waals surface area contributed by atoms with Crippen LogP contribution in [-0.4, -0.2) is 43.6 Å². The number of methoxy groups -OCH3 is 1. The van der Waals surface area contributed by atoms with E-state index < -0.39 is 5.97 Å². The van der Waals surface area contributed by atoms with E-state index in [0.717, 1.165) is 25.9 Å². The van der Waals surface area contributed by atoms with E-state index in [1.807, 2.05) is 0 Å². The average molecular weight is 278 g/mol. The van der Waals surface area contributed by atoms with Crippen LogP contribution < -0.4 is 10.5 Å². The zero-order valence-corrected chi connectivity index (χ0v) is 11.4. The lowest BCUT2D eigenvalue weighted by atomic mass is 10.2. The van der Waals surface area contributed by atoms with Crippen LogP contribution in [0.2, 0.25) is 0 Å². The van der Waals surface area contributed by atoms with Crippen molar-refractivity contribution in [3.8, 4) is 5.75 Å². The van der Waals surface area contributed by atoms with Crippen molar-refractivity contribution in [3.05, 3.63) is 23.8 Å². The molecule has 0 atom stereocenters. The Labute approximate surface area is 117 Å². The average Bonchev–Trinajstić information content (AvgIpc) is 2.98. The molecule has 2 rings (SSSR count). The van der Waals surface area contributed by atoms with Crippen molar-refractivity contribution < 1.29 is 19.1 Å². The van der Waals surface area contributed by atoms with Gasteiger partial charge in [0.2, 0.25) is 0 Å². The maximum Gasteiger partial charge on any atom is 0.342 e. The molecule has 6 heteroatoms. The maximum atomic E-state index is 11.9. The van der Waals surface area contributed by atoms with Gasteiger partial charge in [-0.3, -0.25) is 4.79 Å². The minimum Gasteiger partial charge on any atom is -0.496 e. The molecule has 0 radical (unpaired) electrons. The van der Waals surface area contributed by atoms with Gasteiger partial charge in [0.15, 0.2) is 6.61 Å². The molecule has 20 heavy (non-hydrogen) atoms. The summed E-state index contributed by atoms with van der Waals surface area (Å²) in [7, 11) is 1.45. The summed E-state index contributed by atoms with van der Waals surface area (Å²) in [5.74, 6) is -0.414. The van der Waals surface area contributed by atoms with Crippen molar-refractivity contribution in [2.75, 3.05) is 32.5 Å². The molecule has 1 aromatic carbocycles. The maximum absolute atomic E-state index is 11.9. The zero-order chi connectivity index (χ0) is 14.5. The number of benzene rings is 1. The Balaban J connectivity index is 1.96. The quantitative estimate of drug-likeness (QED) is 0.657. The van der Waals surface area contributed by atoms with Gasteiger partial charge in [0, 0.05) is 24.8 Å². The highest BCUT2D eigenvalue weighted by molar-refractivity contribution is 5.94. The first-order valence-corrected chi connectivity index (χ1v) is 6.50. The third-order valence-electron chi connectivity index (χ3n) is 3.23. The first kappa shape index (κ1) is 14.2. The lowest BCUT2D eigenvalue weighted by molar-refractivity contribution is -0.133. The molecule has 0 unspecified atom stereocenters. The third kappa shape index (κ3) is 3.20. The molecule has 0 aliphatic carbocycles. The Kier molecular flexibility index (Phi) is 4.45. The van der Waals surface area contributed by atoms with Crippen LogP contribution in [0.3, 0.4) is 0 Å². The van der Waals surface area contributed by atoms with Crippen LogP contribution in [-0.2, 0) is 9.53 Å². The number of nitrogens with two attached hydrogens (primary N) is 1. The van der Waals surface area contributed by atoms with Gasteiger partial charge in [-0.1, -0.05) is 0 Å². The molecule has 1 fully saturated rings. The summed E-state index contributed by atoms with van der Waals surface area (Å²) in [5.41, 5.74) is 6.37. The summed E-state index contributed by atoms with van der Waals surface area (Å²) >= 11 is 0. The molecule has 1 heterocycles. The number of rotatable bonds is 4. The van der Waals surface area contributed by atoms with Gasteiger partial charge in [-0.25, -0.2) is 4.79 Å². The molecule has 0 aromatic heterocycles. The van der Waals surface area contributed by atoms with Crippen LogP contribution >= 0.6 is 0 Å². The molecule has 1 aliphatic rings. The fourth-order valence-corrected chi connectivity index (χ4v) is 2.14. The largest absolute Gasteiger partial charge is 0.496 e. The van der Waals surface area contributed by atoms with Crippen LogP contribution in [0.5, 0.6) is 5.75 Å². The van der Waals surface area contributed by atoms with E-state index in [0.29, 0.717) is 11.4 Å². The van der Waals surface area contributed by atoms with Gasteiger partial charge in [-0.05, 0) is 25.0 Å². The first-order valence-electron chi connectivity index (χ1n) is 6.50. The van der Waals surface area contributed by atoms with Gasteiger partial charge in [-0.15, -0.1) is 0 Å². The van der Waals surface area contributed by atoms with Crippen molar-refractivity contribution >= 4 is 17.6 Å². The monoisotopic (exact) mass is 278 g/mol. The highest BCUT2D eigenvalue weighted by Gasteiger charge is 2.20. The van der Waals surface area contributed by atoms with Crippen molar-refractivity contribution in [2.24, 2.45) is 0 Å². The lowest BCUT2D eigenvalue weighted by Crippen LogP contribution is -2.32. The number of hydrogen-bond acceptors (Lipinski definition) is 5. The Morgan fingerprint density at radius 3 is 2.65 bits per heavy atom. The van der Waals surface area contributed by atoms with Crippen LogP contribution in [0.15, 0.2) is 18.2 Å². The molecule has 0 spiro atoms. The molecule has 2 N–H and O–H groups in total. The fourth-order valence-electron chi connectivity index (χ4n) is 2.14. The van der Waals surface area contributed by atoms with Crippen molar-refractivity contribution in [1.82, 2.24) is 4.90 Å². The summed E-state index contributed by atoms with van der Waals surface area (Å²) in [6.45, 7) is 1.23. The summed E-state index contributed by atoms with van der Waals surface area (Å²) < 4.78 is 10.1. The number of nitrogens with zero attached hydrogens (tertiary/aromatic N) is 1. The lowest BCUT2D eigenvalue weighted by Gasteiger charge is -2.15. The molecule has 1 aliphatic heterocycles. The minimum atomic E-state index is -0.589. The number of hydrogen-bond donors (Lipinski definition) is 1. The number of nitrogen functional groups attached to an aromatic ring is 1. The van der Waals surface area contributed by atoms with Crippen molar-refractivity contribution in [3.63, 3.8) is 0 Å². The zero-order valence-electron chi connectivity index (χ0n) is 11.4. The molecular formula is C14H18N2O4. The highest BCUT2D eigenvalue weighted by Crippen LogP contribution is 2.22. The number of amides is 1. The van der Waals surface area contributed by atoms with Gasteiger partial charge in [0.1, 0.15) is 11.3 Å². The van der Waals surface area contributed by atoms with E-state index in [-0.39, 0.29) is 18.1 Å². The topological polar surface area (TPSA) is 81.9 Å². The number of esters is 1. The third-order valence-corrected chi connectivity index (χ3v) is 3.23. The summed E-state index contributed by atoms with van der Waals surface area (Å²) in [6.07, 6.45) is 2.01. The molecule has 1 saturated heterocycles. The molecule has 108 valence electrons. The second kappa shape index (κ2) is 6.27. The van der Waals surface area contributed by atoms with E-state index in [9.17, 15) is 9.59 Å². The Morgan fingerprint density at radius 2 is 2.00 bits per heavy atom. The molecule has 0 saturated carbocycles. The van der Waals surface area contributed by atoms with E-state index in [1.165, 1.54) is 13.2 Å². The molecule has 0 bridgehead atoms. The number of anilines is 1. The fraction of sp³-hybridized carbons (Fsp3) is 0.429. The van der Waals surface area contributed by atoms with Crippen LogP contribution in [0, 0.1) is 0 Å². The Bertz CT molecular complexity index is 510. The van der Waals surface area contributed by atoms with Crippen molar-refractivity contribution in [1.29, 1.82) is 0 Å². The van der Waals surface area contributed by atoms with Gasteiger partial charge in [0.25, 0.3) is 5.91 Å². The predicted molar refractivity (Wildman–Crippen MR) is 73.5 cm³/mol. The number of ether oxygens (including phenoxy) is 2. The smallest absolute Gasteiger partial charge is 0.342 e. The van der Waals surface area contributed by atoms with E-state index in [2.05, 4.69) is 0 Å². The van der Waals surface area contributed by atoms with Crippen LogP contribution in [0.25, 0.3) is 0 Å². The normalized spacial score (nSPS) is 14.2. The number of carbonyl (C=O) groups excluding carboxylic acids is 2. The van der Waals surface area contributed by atoms with E-state index in [1.54, 1.807) is 17.0 Å². The summed E-state index contributed by atoms with van der Waals surface area (Å²) in [6, 6.07) is 4.65. The van der Waals surface area contributed by atoms with Crippen molar-refractivity contribution in [2.45, 2.75) is 12.8 Å². The van der Waals surface area contributed by atoms with E-state index >= 15 is 0 Å². The summed E-state index contributed by atoms with van der Waals surface area (Å²) in [4.78, 5) is 25.4. The molecule has 1 amide bonds. The minimum absolute atomic E-state index is 0.162. The number of likely N-dealkylation sites (tertiary alicyclic amines) is 1. The van der Waals surface area contributed by atoms with E-state index in [4.69, 9.17) is 15.2 Å². The predicted octanol–water partition coefficient (Wildman–Crippen LogP) is 1.06. The Hall–Kier alpha value is -2.24. The first-order chi connectivity index (χ1) is 9.61. The molecule has 1 aromatic rings. The Morgan fingerprint density at radius 1 is 1.30 bits per heavy atom. The summed E-state index contributed by atoms with van der Waals surface area (Å²) in [5, 5.41) is 0. The van der Waals surface area contributed by atoms with Crippen LogP contribution in [0.1, 0.15) is 23.2 Å². The highest BCUT2D eigenvalue weighted by atomic mass is 16.5. The van der Waals surface area contributed by atoms with Gasteiger partial charge >= 0.3 is 5.97 Å². The molecule has 6 nitrogen and oxygen atoms in total. The molecular weight excluding hydrogens is 260 g/mol. The second-order valence-corrected chi connectivity index (χ2v) is 4.62. The standard InChI is InChI=1S/C14H18N2O4/c1-19-12-8-10(15)4-5-11(12)14(18)20-9-13(17)16-6-2-3-7-16/h4-5,8H,2-3,6-7,9,15H2,1H3. The number of carbonyl (C=O) groups is 2. The van der Waals surface area contributed by atoms with Gasteiger partial charge in [-0.2, -0.15) is 0 Å².